The van der Waals surface area contributed by atoms with Gasteiger partial charge in [0.1, 0.15) is 5.82 Å². The summed E-state index contributed by atoms with van der Waals surface area (Å²) in [6.45, 7) is 0. The van der Waals surface area contributed by atoms with Crippen LogP contribution in [0.5, 0.6) is 0 Å². The van der Waals surface area contributed by atoms with Crippen molar-refractivity contribution in [3.8, 4) is 0 Å². The average molecular weight is 448 g/mol. The Balaban J connectivity index is 1.51. The number of nitrogens with one attached hydrogen (secondary N) is 2. The van der Waals surface area contributed by atoms with E-state index in [2.05, 4.69) is 15.0 Å². The number of nitrogens with zero attached hydrogens (tertiary/aromatic N) is 1. The van der Waals surface area contributed by atoms with Gasteiger partial charge in [0.05, 0.1) is 10.6 Å². The first kappa shape index (κ1) is 21.2. The average Bonchev–Trinajstić information content (AvgIpc) is 2.70. The number of rotatable bonds is 8. The van der Waals surface area contributed by atoms with Gasteiger partial charge in [-0.15, -0.1) is 11.8 Å². The van der Waals surface area contributed by atoms with E-state index in [-0.39, 0.29) is 22.4 Å². The molecule has 29 heavy (non-hydrogen) atoms. The Morgan fingerprint density at radius 2 is 1.72 bits per heavy atom. The number of benzene rings is 2. The molecule has 1 aromatic heterocycles. The highest BCUT2D eigenvalue weighted by atomic mass is 35.5. The van der Waals surface area contributed by atoms with E-state index < -0.39 is 10.0 Å². The van der Waals surface area contributed by atoms with E-state index >= 15 is 0 Å². The first-order valence-corrected chi connectivity index (χ1v) is 11.6. The Morgan fingerprint density at radius 3 is 2.38 bits per heavy atom. The van der Waals surface area contributed by atoms with Crippen LogP contribution in [0.15, 0.2) is 77.8 Å². The number of hydrogen-bond donors (Lipinski definition) is 2. The van der Waals surface area contributed by atoms with Crippen molar-refractivity contribution in [3.63, 3.8) is 0 Å². The maximum atomic E-state index is 12.4. The summed E-state index contributed by atoms with van der Waals surface area (Å²) < 4.78 is 27.2. The molecule has 0 aliphatic heterocycles. The summed E-state index contributed by atoms with van der Waals surface area (Å²) in [4.78, 5) is 16.1. The first-order valence-electron chi connectivity index (χ1n) is 8.58. The first-order chi connectivity index (χ1) is 13.9. The normalized spacial score (nSPS) is 11.1. The predicted octanol–water partition coefficient (Wildman–Crippen LogP) is 4.41. The van der Waals surface area contributed by atoms with Crippen LogP contribution in [0.4, 0.5) is 11.5 Å². The highest BCUT2D eigenvalue weighted by Gasteiger charge is 2.14. The molecule has 0 atom stereocenters. The van der Waals surface area contributed by atoms with Gasteiger partial charge in [-0.05, 0) is 54.1 Å². The van der Waals surface area contributed by atoms with Gasteiger partial charge < -0.3 is 5.32 Å². The van der Waals surface area contributed by atoms with Crippen LogP contribution in [-0.2, 0) is 20.6 Å². The number of sulfonamides is 1. The van der Waals surface area contributed by atoms with Crippen molar-refractivity contribution in [1.82, 2.24) is 4.98 Å². The van der Waals surface area contributed by atoms with Gasteiger partial charge in [0.25, 0.3) is 10.0 Å². The van der Waals surface area contributed by atoms with Crippen LogP contribution < -0.4 is 10.0 Å². The van der Waals surface area contributed by atoms with E-state index in [4.69, 9.17) is 11.6 Å². The van der Waals surface area contributed by atoms with E-state index in [1.807, 2.05) is 24.3 Å². The molecule has 0 aliphatic carbocycles. The van der Waals surface area contributed by atoms with Gasteiger partial charge >= 0.3 is 0 Å². The largest absolute Gasteiger partial charge is 0.325 e. The quantitative estimate of drug-likeness (QED) is 0.534. The van der Waals surface area contributed by atoms with E-state index in [0.29, 0.717) is 16.5 Å². The molecule has 0 fully saturated rings. The number of carbonyl (C=O) groups excluding carboxylic acids is 1. The molecule has 0 bridgehead atoms. The molecule has 0 spiro atoms. The number of aromatic nitrogens is 1. The van der Waals surface area contributed by atoms with Crippen LogP contribution in [0.25, 0.3) is 0 Å². The SMILES string of the molecule is O=C(CSCc1ccc(Cl)cc1)Nc1ccc(S(=O)(=O)Nc2ccccn2)cc1. The van der Waals surface area contributed by atoms with E-state index in [1.165, 1.54) is 30.1 Å². The van der Waals surface area contributed by atoms with Gasteiger partial charge in [-0.1, -0.05) is 29.8 Å². The fourth-order valence-electron chi connectivity index (χ4n) is 2.38. The molecule has 9 heteroatoms. The molecular formula is C20H18ClN3O3S2. The fraction of sp³-hybridized carbons (Fsp3) is 0.100. The number of pyridine rings is 1. The number of carbonyl (C=O) groups is 1. The molecule has 0 saturated heterocycles. The second kappa shape index (κ2) is 9.78. The van der Waals surface area contributed by atoms with Crippen LogP contribution in [0, 0.1) is 0 Å². The van der Waals surface area contributed by atoms with Crippen molar-refractivity contribution in [2.75, 3.05) is 15.8 Å². The zero-order valence-corrected chi connectivity index (χ0v) is 17.6. The summed E-state index contributed by atoms with van der Waals surface area (Å²) in [7, 11) is -3.75. The zero-order valence-electron chi connectivity index (χ0n) is 15.2. The standard InChI is InChI=1S/C20H18ClN3O3S2/c21-16-6-4-15(5-7-16)13-28-14-20(25)23-17-8-10-18(11-9-17)29(26,27)24-19-3-1-2-12-22-19/h1-12H,13-14H2,(H,22,24)(H,23,25). The molecule has 3 aromatic rings. The summed E-state index contributed by atoms with van der Waals surface area (Å²) in [5, 5.41) is 3.44. The minimum absolute atomic E-state index is 0.0817. The van der Waals surface area contributed by atoms with Gasteiger partial charge in [0.2, 0.25) is 5.91 Å². The van der Waals surface area contributed by atoms with Gasteiger partial charge in [-0.3, -0.25) is 9.52 Å². The molecule has 0 aliphatic rings. The Morgan fingerprint density at radius 1 is 1.00 bits per heavy atom. The molecule has 1 amide bonds. The molecule has 3 rings (SSSR count). The molecule has 150 valence electrons. The van der Waals surface area contributed by atoms with Crippen LogP contribution in [0.2, 0.25) is 5.02 Å². The Hall–Kier alpha value is -2.55. The topological polar surface area (TPSA) is 88.2 Å². The van der Waals surface area contributed by atoms with Gasteiger partial charge in [0.15, 0.2) is 0 Å². The third-order valence-corrected chi connectivity index (χ3v) is 6.39. The zero-order chi connectivity index (χ0) is 20.7. The second-order valence-corrected chi connectivity index (χ2v) is 9.12. The van der Waals surface area contributed by atoms with Crippen molar-refractivity contribution in [1.29, 1.82) is 0 Å². The van der Waals surface area contributed by atoms with Crippen molar-refractivity contribution in [2.24, 2.45) is 0 Å². The maximum Gasteiger partial charge on any atom is 0.263 e. The molecule has 6 nitrogen and oxygen atoms in total. The Kier molecular flexibility index (Phi) is 7.13. The molecule has 0 saturated carbocycles. The fourth-order valence-corrected chi connectivity index (χ4v) is 4.30. The van der Waals surface area contributed by atoms with Crippen molar-refractivity contribution in [2.45, 2.75) is 10.6 Å². The molecule has 2 aromatic carbocycles. The number of thioether (sulfide) groups is 1. The number of halogens is 1. The molecule has 1 heterocycles. The molecule has 2 N–H and O–H groups in total. The summed E-state index contributed by atoms with van der Waals surface area (Å²) in [6.07, 6.45) is 1.50. The van der Waals surface area contributed by atoms with Crippen molar-refractivity contribution in [3.05, 3.63) is 83.5 Å². The summed E-state index contributed by atoms with van der Waals surface area (Å²) in [5.41, 5.74) is 1.61. The van der Waals surface area contributed by atoms with Crippen LogP contribution in [0.3, 0.4) is 0 Å². The predicted molar refractivity (Wildman–Crippen MR) is 118 cm³/mol. The minimum atomic E-state index is -3.75. The third-order valence-electron chi connectivity index (χ3n) is 3.77. The van der Waals surface area contributed by atoms with E-state index in [0.717, 1.165) is 5.56 Å². The monoisotopic (exact) mass is 447 g/mol. The summed E-state index contributed by atoms with van der Waals surface area (Å²) in [5.74, 6) is 1.05. The minimum Gasteiger partial charge on any atom is -0.325 e. The summed E-state index contributed by atoms with van der Waals surface area (Å²) in [6, 6.07) is 18.4. The number of amides is 1. The van der Waals surface area contributed by atoms with Crippen LogP contribution >= 0.6 is 23.4 Å². The van der Waals surface area contributed by atoms with E-state index in [9.17, 15) is 13.2 Å². The van der Waals surface area contributed by atoms with Crippen LogP contribution in [0.1, 0.15) is 5.56 Å². The Bertz CT molecular complexity index is 1060. The highest BCUT2D eigenvalue weighted by molar-refractivity contribution is 7.99. The Labute approximate surface area is 178 Å². The molecular weight excluding hydrogens is 430 g/mol. The smallest absolute Gasteiger partial charge is 0.263 e. The molecule has 0 radical (unpaired) electrons. The third kappa shape index (κ3) is 6.49. The van der Waals surface area contributed by atoms with Gasteiger partial charge in [-0.2, -0.15) is 0 Å². The number of hydrogen-bond acceptors (Lipinski definition) is 5. The lowest BCUT2D eigenvalue weighted by atomic mass is 10.2. The lowest BCUT2D eigenvalue weighted by molar-refractivity contribution is -0.113. The maximum absolute atomic E-state index is 12.4. The van der Waals surface area contributed by atoms with Gasteiger partial charge in [0, 0.05) is 22.7 Å². The second-order valence-electron chi connectivity index (χ2n) is 6.01. The van der Waals surface area contributed by atoms with Crippen molar-refractivity contribution >= 4 is 50.8 Å². The lowest BCUT2D eigenvalue weighted by Gasteiger charge is -2.09. The highest BCUT2D eigenvalue weighted by Crippen LogP contribution is 2.18. The van der Waals surface area contributed by atoms with E-state index in [1.54, 1.807) is 30.3 Å². The van der Waals surface area contributed by atoms with Crippen molar-refractivity contribution < 1.29 is 13.2 Å². The summed E-state index contributed by atoms with van der Waals surface area (Å²) >= 11 is 7.33. The van der Waals surface area contributed by atoms with Crippen LogP contribution in [-0.4, -0.2) is 25.1 Å². The number of anilines is 2. The molecule has 0 unspecified atom stereocenters. The van der Waals surface area contributed by atoms with Gasteiger partial charge in [-0.25, -0.2) is 13.4 Å². The lowest BCUT2D eigenvalue weighted by Crippen LogP contribution is -2.15.